The van der Waals surface area contributed by atoms with Crippen LogP contribution in [0.4, 0.5) is 10.1 Å². The molecule has 0 aliphatic rings. The molecule has 2 aromatic rings. The number of anilines is 1. The number of hydrogen-bond acceptors (Lipinski definition) is 2. The van der Waals surface area contributed by atoms with E-state index in [-0.39, 0.29) is 11.7 Å². The molecule has 1 aromatic carbocycles. The second kappa shape index (κ2) is 4.94. The Morgan fingerprint density at radius 1 is 1.33 bits per heavy atom. The summed E-state index contributed by atoms with van der Waals surface area (Å²) in [5.41, 5.74) is 1.93. The smallest absolute Gasteiger partial charge is 0.291 e. The van der Waals surface area contributed by atoms with Gasteiger partial charge in [0.2, 0.25) is 0 Å². The highest BCUT2D eigenvalue weighted by molar-refractivity contribution is 9.10. The van der Waals surface area contributed by atoms with E-state index in [0.717, 1.165) is 11.1 Å². The van der Waals surface area contributed by atoms with Gasteiger partial charge in [-0.05, 0) is 53.5 Å². The number of carbonyl (C=O) groups excluding carboxylic acids is 1. The lowest BCUT2D eigenvalue weighted by atomic mass is 10.2. The van der Waals surface area contributed by atoms with E-state index in [9.17, 15) is 9.18 Å². The maximum Gasteiger partial charge on any atom is 0.291 e. The van der Waals surface area contributed by atoms with Crippen molar-refractivity contribution in [2.24, 2.45) is 0 Å². The van der Waals surface area contributed by atoms with Crippen LogP contribution in [0.3, 0.4) is 0 Å². The Morgan fingerprint density at radius 3 is 2.67 bits per heavy atom. The molecule has 0 aliphatic carbocycles. The number of furan rings is 1. The molecule has 1 N–H and O–H groups in total. The van der Waals surface area contributed by atoms with Crippen molar-refractivity contribution in [3.8, 4) is 0 Å². The molecule has 94 valence electrons. The Balaban J connectivity index is 2.28. The summed E-state index contributed by atoms with van der Waals surface area (Å²) >= 11 is 3.09. The largest absolute Gasteiger partial charge is 0.459 e. The van der Waals surface area contributed by atoms with Crippen LogP contribution in [0.25, 0.3) is 0 Å². The lowest BCUT2D eigenvalue weighted by Gasteiger charge is -2.08. The van der Waals surface area contributed by atoms with Gasteiger partial charge in [0.25, 0.3) is 5.91 Å². The Bertz CT molecular complexity index is 607. The van der Waals surface area contributed by atoms with Gasteiger partial charge in [0.1, 0.15) is 5.82 Å². The fourth-order valence-electron chi connectivity index (χ4n) is 1.57. The number of benzene rings is 1. The van der Waals surface area contributed by atoms with Crippen molar-refractivity contribution in [1.82, 2.24) is 0 Å². The molecule has 0 spiro atoms. The lowest BCUT2D eigenvalue weighted by molar-refractivity contribution is 0.0996. The third-order valence-corrected chi connectivity index (χ3v) is 3.19. The minimum atomic E-state index is -0.424. The number of carbonyl (C=O) groups is 1. The molecule has 5 heteroatoms. The maximum atomic E-state index is 13.4. The number of nitrogens with one attached hydrogen (secondary N) is 1. The summed E-state index contributed by atoms with van der Waals surface area (Å²) in [7, 11) is 0. The predicted molar refractivity (Wildman–Crippen MR) is 70.2 cm³/mol. The number of rotatable bonds is 2. The molecule has 2 rings (SSSR count). The number of aryl methyl sites for hydroxylation is 2. The first-order valence-corrected chi connectivity index (χ1v) is 6.09. The van der Waals surface area contributed by atoms with Crippen LogP contribution in [0.5, 0.6) is 0 Å². The first-order valence-electron chi connectivity index (χ1n) is 5.30. The summed E-state index contributed by atoms with van der Waals surface area (Å²) in [4.78, 5) is 11.9. The van der Waals surface area contributed by atoms with Gasteiger partial charge in [0.15, 0.2) is 5.76 Å². The summed E-state index contributed by atoms with van der Waals surface area (Å²) in [6, 6.07) is 4.58. The van der Waals surface area contributed by atoms with Crippen molar-refractivity contribution in [2.45, 2.75) is 13.8 Å². The summed E-state index contributed by atoms with van der Waals surface area (Å²) in [5, 5.41) is 2.63. The van der Waals surface area contributed by atoms with Gasteiger partial charge >= 0.3 is 0 Å². The van der Waals surface area contributed by atoms with Crippen LogP contribution in [0.15, 0.2) is 33.4 Å². The topological polar surface area (TPSA) is 42.2 Å². The highest BCUT2D eigenvalue weighted by Crippen LogP contribution is 2.24. The van der Waals surface area contributed by atoms with E-state index >= 15 is 0 Å². The van der Waals surface area contributed by atoms with Crippen LogP contribution in [0.2, 0.25) is 0 Å². The van der Waals surface area contributed by atoms with Crippen LogP contribution in [0.1, 0.15) is 21.7 Å². The summed E-state index contributed by atoms with van der Waals surface area (Å²) in [6.45, 7) is 3.56. The molecule has 1 amide bonds. The number of amides is 1. The molecule has 0 radical (unpaired) electrons. The Hall–Kier alpha value is -1.62. The van der Waals surface area contributed by atoms with Gasteiger partial charge in [-0.15, -0.1) is 0 Å². The highest BCUT2D eigenvalue weighted by Gasteiger charge is 2.14. The lowest BCUT2D eigenvalue weighted by Crippen LogP contribution is -2.13. The van der Waals surface area contributed by atoms with E-state index in [1.165, 1.54) is 12.3 Å². The van der Waals surface area contributed by atoms with E-state index in [0.29, 0.717) is 10.2 Å². The number of halogens is 2. The molecule has 0 aliphatic heterocycles. The molecule has 1 heterocycles. The highest BCUT2D eigenvalue weighted by atomic mass is 79.9. The fourth-order valence-corrected chi connectivity index (χ4v) is 2.02. The van der Waals surface area contributed by atoms with Gasteiger partial charge in [-0.1, -0.05) is 0 Å². The molecule has 1 aromatic heterocycles. The molecular formula is C13H11BrFNO2. The minimum Gasteiger partial charge on any atom is -0.459 e. The van der Waals surface area contributed by atoms with Crippen molar-refractivity contribution >= 4 is 27.5 Å². The molecule has 0 fully saturated rings. The first kappa shape index (κ1) is 12.8. The third-order valence-electron chi connectivity index (χ3n) is 2.58. The Morgan fingerprint density at radius 2 is 2.06 bits per heavy atom. The average Bonchev–Trinajstić information content (AvgIpc) is 2.72. The number of hydrogen-bond donors (Lipinski definition) is 1. The van der Waals surface area contributed by atoms with E-state index in [2.05, 4.69) is 21.2 Å². The Kier molecular flexibility index (Phi) is 3.52. The quantitative estimate of drug-likeness (QED) is 0.909. The summed E-state index contributed by atoms with van der Waals surface area (Å²) in [6.07, 6.45) is 1.44. The van der Waals surface area contributed by atoms with Gasteiger partial charge in [-0.25, -0.2) is 4.39 Å². The molecule has 18 heavy (non-hydrogen) atoms. The van der Waals surface area contributed by atoms with E-state index in [1.54, 1.807) is 26.0 Å². The third kappa shape index (κ3) is 2.46. The zero-order valence-electron chi connectivity index (χ0n) is 9.88. The van der Waals surface area contributed by atoms with Crippen molar-refractivity contribution in [3.05, 3.63) is 51.6 Å². The SMILES string of the molecule is Cc1cc(Br)c(F)cc1NC(=O)c1occc1C. The van der Waals surface area contributed by atoms with Crippen molar-refractivity contribution in [2.75, 3.05) is 5.32 Å². The van der Waals surface area contributed by atoms with Crippen molar-refractivity contribution < 1.29 is 13.6 Å². The fraction of sp³-hybridized carbons (Fsp3) is 0.154. The van der Waals surface area contributed by atoms with Crippen LogP contribution >= 0.6 is 15.9 Å². The predicted octanol–water partition coefficient (Wildman–Crippen LogP) is 4.05. The molecule has 0 bridgehead atoms. The average molecular weight is 312 g/mol. The van der Waals surface area contributed by atoms with Gasteiger partial charge in [-0.3, -0.25) is 4.79 Å². The van der Waals surface area contributed by atoms with Gasteiger partial charge < -0.3 is 9.73 Å². The standard InChI is InChI=1S/C13H11BrFNO2/c1-7-3-4-18-12(7)13(17)16-11-6-10(15)9(14)5-8(11)2/h3-6H,1-2H3,(H,16,17). The van der Waals surface area contributed by atoms with E-state index in [1.807, 2.05) is 0 Å². The van der Waals surface area contributed by atoms with Crippen LogP contribution < -0.4 is 5.32 Å². The van der Waals surface area contributed by atoms with Crippen LogP contribution in [-0.2, 0) is 0 Å². The van der Waals surface area contributed by atoms with E-state index < -0.39 is 5.82 Å². The Labute approximate surface area is 112 Å². The minimum absolute atomic E-state index is 0.234. The van der Waals surface area contributed by atoms with Gasteiger partial charge in [0.05, 0.1) is 10.7 Å². The van der Waals surface area contributed by atoms with Crippen molar-refractivity contribution in [3.63, 3.8) is 0 Å². The second-order valence-electron chi connectivity index (χ2n) is 3.97. The monoisotopic (exact) mass is 311 g/mol. The molecule has 0 unspecified atom stereocenters. The van der Waals surface area contributed by atoms with Crippen LogP contribution in [-0.4, -0.2) is 5.91 Å². The first-order chi connectivity index (χ1) is 8.49. The normalized spacial score (nSPS) is 10.4. The molecule has 3 nitrogen and oxygen atoms in total. The summed E-state index contributed by atoms with van der Waals surface area (Å²) < 4.78 is 18.9. The molecule has 0 saturated carbocycles. The molecular weight excluding hydrogens is 301 g/mol. The second-order valence-corrected chi connectivity index (χ2v) is 4.82. The maximum absolute atomic E-state index is 13.4. The molecule has 0 saturated heterocycles. The zero-order valence-corrected chi connectivity index (χ0v) is 11.5. The van der Waals surface area contributed by atoms with Crippen molar-refractivity contribution in [1.29, 1.82) is 0 Å². The van der Waals surface area contributed by atoms with Gasteiger partial charge in [-0.2, -0.15) is 0 Å². The molecule has 0 atom stereocenters. The zero-order chi connectivity index (χ0) is 13.3. The summed E-state index contributed by atoms with van der Waals surface area (Å²) in [5.74, 6) is -0.577. The van der Waals surface area contributed by atoms with Crippen LogP contribution in [0, 0.1) is 19.7 Å². The van der Waals surface area contributed by atoms with E-state index in [4.69, 9.17) is 4.42 Å². The van der Waals surface area contributed by atoms with Gasteiger partial charge in [0, 0.05) is 11.3 Å².